The largest absolute Gasteiger partial charge is 0.376 e. The Hall–Kier alpha value is -0.870. The monoisotopic (exact) mass is 214 g/mol. The summed E-state index contributed by atoms with van der Waals surface area (Å²) in [5.41, 5.74) is 1.02. The summed E-state index contributed by atoms with van der Waals surface area (Å²) in [6.45, 7) is 9.65. The Balaban J connectivity index is 3.35. The van der Waals surface area contributed by atoms with E-state index in [4.69, 9.17) is 4.74 Å². The number of hydrogen-bond acceptors (Lipinski definition) is 3. The van der Waals surface area contributed by atoms with Crippen LogP contribution in [0.2, 0.25) is 0 Å². The van der Waals surface area contributed by atoms with Crippen molar-refractivity contribution in [3.63, 3.8) is 0 Å². The first-order valence-electron chi connectivity index (χ1n) is 5.22. The van der Waals surface area contributed by atoms with Crippen molar-refractivity contribution >= 4 is 5.91 Å². The zero-order valence-electron chi connectivity index (χ0n) is 9.93. The lowest BCUT2D eigenvalue weighted by Crippen LogP contribution is -2.34. The van der Waals surface area contributed by atoms with Gasteiger partial charge in [0.2, 0.25) is 5.91 Å². The van der Waals surface area contributed by atoms with Gasteiger partial charge in [-0.3, -0.25) is 4.79 Å². The maximum atomic E-state index is 11.0. The van der Waals surface area contributed by atoms with Gasteiger partial charge in [0, 0.05) is 26.1 Å². The highest BCUT2D eigenvalue weighted by Gasteiger charge is 2.05. The van der Waals surface area contributed by atoms with E-state index < -0.39 is 0 Å². The van der Waals surface area contributed by atoms with Crippen molar-refractivity contribution < 1.29 is 9.53 Å². The lowest BCUT2D eigenvalue weighted by Gasteiger charge is -2.12. The minimum atomic E-state index is 0.0536. The molecule has 0 fully saturated rings. The summed E-state index contributed by atoms with van der Waals surface area (Å²) < 4.78 is 5.31. The molecule has 0 aliphatic heterocycles. The van der Waals surface area contributed by atoms with E-state index in [0.717, 1.165) is 12.1 Å². The topological polar surface area (TPSA) is 50.4 Å². The van der Waals surface area contributed by atoms with Crippen molar-refractivity contribution in [3.8, 4) is 0 Å². The van der Waals surface area contributed by atoms with Crippen LogP contribution in [0.25, 0.3) is 0 Å². The van der Waals surface area contributed by atoms with Crippen molar-refractivity contribution in [3.05, 3.63) is 12.2 Å². The van der Waals surface area contributed by atoms with Crippen LogP contribution in [0.5, 0.6) is 0 Å². The Kier molecular flexibility index (Phi) is 7.95. The Morgan fingerprint density at radius 2 is 2.20 bits per heavy atom. The van der Waals surface area contributed by atoms with Crippen LogP contribution in [0.3, 0.4) is 0 Å². The Labute approximate surface area is 92.1 Å². The van der Waals surface area contributed by atoms with Crippen molar-refractivity contribution in [1.82, 2.24) is 10.6 Å². The van der Waals surface area contributed by atoms with Crippen LogP contribution in [0.4, 0.5) is 0 Å². The van der Waals surface area contributed by atoms with Crippen LogP contribution in [0.1, 0.15) is 20.3 Å². The number of nitrogens with one attached hydrogen (secondary N) is 2. The second-order valence-electron chi connectivity index (χ2n) is 3.74. The number of ether oxygens (including phenoxy) is 1. The summed E-state index contributed by atoms with van der Waals surface area (Å²) in [6, 6.07) is 0.179. The molecule has 0 saturated carbocycles. The van der Waals surface area contributed by atoms with Gasteiger partial charge in [-0.2, -0.15) is 0 Å². The van der Waals surface area contributed by atoms with E-state index in [0.29, 0.717) is 19.6 Å². The smallest absolute Gasteiger partial charge is 0.221 e. The molecule has 0 bridgehead atoms. The Morgan fingerprint density at radius 1 is 1.53 bits per heavy atom. The molecule has 0 heterocycles. The lowest BCUT2D eigenvalue weighted by molar-refractivity contribution is -0.121. The van der Waals surface area contributed by atoms with E-state index in [2.05, 4.69) is 17.2 Å². The van der Waals surface area contributed by atoms with Gasteiger partial charge >= 0.3 is 0 Å². The van der Waals surface area contributed by atoms with Crippen LogP contribution in [0.15, 0.2) is 12.2 Å². The fourth-order valence-electron chi connectivity index (χ4n) is 1.08. The molecule has 88 valence electrons. The van der Waals surface area contributed by atoms with E-state index in [1.165, 1.54) is 0 Å². The molecule has 1 amide bonds. The number of rotatable bonds is 8. The van der Waals surface area contributed by atoms with Crippen molar-refractivity contribution in [1.29, 1.82) is 0 Å². The summed E-state index contributed by atoms with van der Waals surface area (Å²) >= 11 is 0. The summed E-state index contributed by atoms with van der Waals surface area (Å²) in [5.74, 6) is 0.0536. The van der Waals surface area contributed by atoms with Crippen LogP contribution >= 0.6 is 0 Å². The third-order valence-corrected chi connectivity index (χ3v) is 1.86. The van der Waals surface area contributed by atoms with Gasteiger partial charge in [0.25, 0.3) is 0 Å². The number of hydrogen-bond donors (Lipinski definition) is 2. The van der Waals surface area contributed by atoms with Crippen LogP contribution in [-0.2, 0) is 9.53 Å². The molecule has 1 unspecified atom stereocenters. The van der Waals surface area contributed by atoms with Crippen molar-refractivity contribution in [2.75, 3.05) is 26.8 Å². The highest BCUT2D eigenvalue weighted by atomic mass is 16.5. The summed E-state index contributed by atoms with van der Waals surface area (Å²) in [6.07, 6.45) is 0.497. The molecule has 0 spiro atoms. The molecule has 0 aromatic rings. The maximum Gasteiger partial charge on any atom is 0.221 e. The first kappa shape index (κ1) is 14.1. The fourth-order valence-corrected chi connectivity index (χ4v) is 1.08. The molecular weight excluding hydrogens is 192 g/mol. The highest BCUT2D eigenvalue weighted by Crippen LogP contribution is 1.90. The fraction of sp³-hybridized carbons (Fsp3) is 0.727. The molecule has 1 atom stereocenters. The van der Waals surface area contributed by atoms with E-state index in [-0.39, 0.29) is 11.9 Å². The lowest BCUT2D eigenvalue weighted by atomic mass is 10.2. The van der Waals surface area contributed by atoms with Gasteiger partial charge in [-0.25, -0.2) is 0 Å². The van der Waals surface area contributed by atoms with Gasteiger partial charge in [-0.1, -0.05) is 12.2 Å². The summed E-state index contributed by atoms with van der Waals surface area (Å²) in [5, 5.41) is 5.80. The van der Waals surface area contributed by atoms with E-state index in [1.807, 2.05) is 13.8 Å². The highest BCUT2D eigenvalue weighted by molar-refractivity contribution is 5.76. The molecule has 0 radical (unpaired) electrons. The zero-order valence-corrected chi connectivity index (χ0v) is 9.93. The summed E-state index contributed by atoms with van der Waals surface area (Å²) in [7, 11) is 1.64. The third kappa shape index (κ3) is 9.43. The number of amides is 1. The van der Waals surface area contributed by atoms with Crippen LogP contribution in [0, 0.1) is 0 Å². The van der Waals surface area contributed by atoms with Crippen LogP contribution in [-0.4, -0.2) is 38.8 Å². The van der Waals surface area contributed by atoms with Crippen molar-refractivity contribution in [2.24, 2.45) is 0 Å². The van der Waals surface area contributed by atoms with E-state index in [1.54, 1.807) is 7.05 Å². The van der Waals surface area contributed by atoms with E-state index >= 15 is 0 Å². The average molecular weight is 214 g/mol. The molecular formula is C11H22N2O2. The second-order valence-corrected chi connectivity index (χ2v) is 3.74. The number of carbonyl (C=O) groups is 1. The normalized spacial score (nSPS) is 12.2. The summed E-state index contributed by atoms with van der Waals surface area (Å²) in [4.78, 5) is 11.0. The predicted molar refractivity (Wildman–Crippen MR) is 61.8 cm³/mol. The molecule has 4 nitrogen and oxygen atoms in total. The standard InChI is InChI=1S/C11H22N2O2/c1-9(2)8-15-6-5-13-10(3)7-11(14)12-4/h10,13H,1,5-8H2,2-4H3,(H,12,14). The molecule has 0 aromatic carbocycles. The second kappa shape index (κ2) is 8.44. The minimum absolute atomic E-state index is 0.0536. The zero-order chi connectivity index (χ0) is 11.7. The molecule has 4 heteroatoms. The van der Waals surface area contributed by atoms with Gasteiger partial charge in [0.05, 0.1) is 13.2 Å². The number of carbonyl (C=O) groups excluding carboxylic acids is 1. The van der Waals surface area contributed by atoms with Crippen LogP contribution < -0.4 is 10.6 Å². The quantitative estimate of drug-likeness (QED) is 0.462. The van der Waals surface area contributed by atoms with Gasteiger partial charge in [-0.05, 0) is 13.8 Å². The first-order valence-corrected chi connectivity index (χ1v) is 5.22. The molecule has 0 saturated heterocycles. The van der Waals surface area contributed by atoms with Gasteiger partial charge in [-0.15, -0.1) is 0 Å². The molecule has 0 aromatic heterocycles. The van der Waals surface area contributed by atoms with E-state index in [9.17, 15) is 4.79 Å². The minimum Gasteiger partial charge on any atom is -0.376 e. The molecule has 0 aliphatic carbocycles. The Bertz CT molecular complexity index is 205. The first-order chi connectivity index (χ1) is 7.06. The van der Waals surface area contributed by atoms with Gasteiger partial charge in [0.15, 0.2) is 0 Å². The van der Waals surface area contributed by atoms with Gasteiger partial charge < -0.3 is 15.4 Å². The molecule has 15 heavy (non-hydrogen) atoms. The molecule has 0 rings (SSSR count). The predicted octanol–water partition coefficient (Wildman–Crippen LogP) is 0.693. The average Bonchev–Trinajstić information content (AvgIpc) is 2.16. The van der Waals surface area contributed by atoms with Gasteiger partial charge in [0.1, 0.15) is 0 Å². The Morgan fingerprint density at radius 3 is 2.73 bits per heavy atom. The van der Waals surface area contributed by atoms with Crippen molar-refractivity contribution in [2.45, 2.75) is 26.3 Å². The SMILES string of the molecule is C=C(C)COCCNC(C)CC(=O)NC. The third-order valence-electron chi connectivity index (χ3n) is 1.86. The molecule has 0 aliphatic rings. The molecule has 2 N–H and O–H groups in total. The maximum absolute atomic E-state index is 11.0.